The van der Waals surface area contributed by atoms with Gasteiger partial charge in [-0.25, -0.2) is 0 Å². The Kier molecular flexibility index (Phi) is 14.9. The number of nitrogens with one attached hydrogen (secondary N) is 1. The van der Waals surface area contributed by atoms with E-state index in [-0.39, 0.29) is 27.5 Å². The lowest BCUT2D eigenvalue weighted by atomic mass is 9.86. The second-order valence-corrected chi connectivity index (χ2v) is 18.9. The highest BCUT2D eigenvalue weighted by Crippen LogP contribution is 2.28. The number of hydrogen-bond donors (Lipinski definition) is 3. The smallest absolute Gasteiger partial charge is 0.122 e. The van der Waals surface area contributed by atoms with E-state index in [1.807, 2.05) is 37.4 Å². The molecule has 0 amide bonds. The molecule has 298 valence electrons. The van der Waals surface area contributed by atoms with Gasteiger partial charge in [0.1, 0.15) is 5.84 Å². The van der Waals surface area contributed by atoms with Crippen LogP contribution in [-0.4, -0.2) is 21.0 Å². The van der Waals surface area contributed by atoms with Crippen molar-refractivity contribution in [1.82, 2.24) is 15.2 Å². The molecule has 0 aliphatic rings. The van der Waals surface area contributed by atoms with Crippen molar-refractivity contribution in [2.45, 2.75) is 132 Å². The van der Waals surface area contributed by atoms with Crippen molar-refractivity contribution >= 4 is 27.4 Å². The first-order valence-corrected chi connectivity index (χ1v) is 19.7. The van der Waals surface area contributed by atoms with Crippen LogP contribution in [0.3, 0.4) is 0 Å². The van der Waals surface area contributed by atoms with E-state index in [2.05, 4.69) is 179 Å². The molecular formula is C50H68N6. The molecule has 6 rings (SSSR count). The Bertz CT molecular complexity index is 2200. The van der Waals surface area contributed by atoms with Crippen LogP contribution in [0.25, 0.3) is 21.5 Å². The molecule has 0 atom stereocenters. The zero-order valence-electron chi connectivity index (χ0n) is 36.9. The molecule has 0 aliphatic carbocycles. The third-order valence-corrected chi connectivity index (χ3v) is 9.85. The Morgan fingerprint density at radius 3 is 1.38 bits per heavy atom. The number of amidine groups is 1. The highest BCUT2D eigenvalue weighted by atomic mass is 15.1. The molecule has 4 aromatic carbocycles. The van der Waals surface area contributed by atoms with Gasteiger partial charge in [-0.2, -0.15) is 10.2 Å². The molecule has 2 aromatic heterocycles. The average molecular weight is 753 g/mol. The SMILES string of the molecule is CC(C)(C)c1ccc(C(=N)N)cc1.CC(C)(C)c1ccc(CN)cc1.Cc1cc2cc(C(C)(C)C)ccc2c(C)n1.Cc1nncc2cc(C(C)(C)C)ccc12. The number of nitrogens with zero attached hydrogens (tertiary/aromatic N) is 3. The predicted octanol–water partition coefficient (Wildman–Crippen LogP) is 12.1. The number of hydrogen-bond acceptors (Lipinski definition) is 5. The van der Waals surface area contributed by atoms with Gasteiger partial charge in [-0.05, 0) is 87.8 Å². The number of aromatic nitrogens is 3. The van der Waals surface area contributed by atoms with Gasteiger partial charge in [0, 0.05) is 39.7 Å². The number of nitrogen functional groups attached to an aromatic ring is 1. The van der Waals surface area contributed by atoms with Crippen LogP contribution in [0.15, 0.2) is 97.2 Å². The molecule has 0 unspecified atom stereocenters. The van der Waals surface area contributed by atoms with E-state index < -0.39 is 0 Å². The Hall–Kier alpha value is -4.94. The minimum Gasteiger partial charge on any atom is -0.384 e. The molecule has 0 bridgehead atoms. The number of nitrogens with two attached hydrogens (primary N) is 2. The van der Waals surface area contributed by atoms with E-state index >= 15 is 0 Å². The minimum absolute atomic E-state index is 0.125. The summed E-state index contributed by atoms with van der Waals surface area (Å²) in [6, 6.07) is 31.7. The molecule has 6 aromatic rings. The van der Waals surface area contributed by atoms with E-state index in [0.29, 0.717) is 6.54 Å². The monoisotopic (exact) mass is 753 g/mol. The molecule has 5 N–H and O–H groups in total. The molecule has 6 heteroatoms. The van der Waals surface area contributed by atoms with Crippen molar-refractivity contribution in [3.63, 3.8) is 0 Å². The molecular weight excluding hydrogens is 685 g/mol. The second kappa shape index (κ2) is 18.3. The standard InChI is InChI=1S/C15H19N.C13H16N2.C11H16N2.C11H17N/c1-10-8-12-9-13(15(3,4)5)6-7-14(12)11(2)16-10;1-9-12-6-5-11(13(2,3)4)7-10(12)8-14-15-9;1-11(2,3)9-6-4-8(5-7-9)10(12)13;1-11(2,3)10-6-4-9(8-12)5-7-10/h6-9H,1-5H3;5-8H,1-4H3;4-7H,1-3H3,(H3,12,13);4-7H,8,12H2,1-3H3. The van der Waals surface area contributed by atoms with Crippen LogP contribution in [-0.2, 0) is 28.2 Å². The van der Waals surface area contributed by atoms with Gasteiger partial charge in [-0.1, -0.05) is 162 Å². The van der Waals surface area contributed by atoms with Gasteiger partial charge >= 0.3 is 0 Å². The summed E-state index contributed by atoms with van der Waals surface area (Å²) in [5.74, 6) is 0.125. The molecule has 0 fully saturated rings. The summed E-state index contributed by atoms with van der Waals surface area (Å²) in [5.41, 5.74) is 22.2. The summed E-state index contributed by atoms with van der Waals surface area (Å²) < 4.78 is 0. The molecule has 0 saturated carbocycles. The van der Waals surface area contributed by atoms with Crippen LogP contribution in [0.1, 0.15) is 134 Å². The fourth-order valence-electron chi connectivity index (χ4n) is 6.05. The van der Waals surface area contributed by atoms with Crippen molar-refractivity contribution in [2.75, 3.05) is 0 Å². The molecule has 0 spiro atoms. The van der Waals surface area contributed by atoms with Crippen LogP contribution in [0.2, 0.25) is 0 Å². The fraction of sp³-hybridized carbons (Fsp3) is 0.400. The van der Waals surface area contributed by atoms with Gasteiger partial charge in [-0.15, -0.1) is 0 Å². The second-order valence-electron chi connectivity index (χ2n) is 18.9. The lowest BCUT2D eigenvalue weighted by molar-refractivity contribution is 0.590. The van der Waals surface area contributed by atoms with Crippen LogP contribution >= 0.6 is 0 Å². The number of fused-ring (bicyclic) bond motifs is 2. The van der Waals surface area contributed by atoms with Crippen LogP contribution in [0.4, 0.5) is 0 Å². The van der Waals surface area contributed by atoms with E-state index in [9.17, 15) is 0 Å². The van der Waals surface area contributed by atoms with Gasteiger partial charge in [0.25, 0.3) is 0 Å². The summed E-state index contributed by atoms with van der Waals surface area (Å²) >= 11 is 0. The first-order chi connectivity index (χ1) is 25.8. The van der Waals surface area contributed by atoms with Crippen molar-refractivity contribution in [3.8, 4) is 0 Å². The number of rotatable bonds is 2. The fourth-order valence-corrected chi connectivity index (χ4v) is 6.05. The summed E-state index contributed by atoms with van der Waals surface area (Å²) in [6.07, 6.45) is 1.83. The van der Waals surface area contributed by atoms with Crippen LogP contribution in [0, 0.1) is 26.2 Å². The number of pyridine rings is 1. The Morgan fingerprint density at radius 2 is 0.946 bits per heavy atom. The molecule has 0 aliphatic heterocycles. The molecule has 2 heterocycles. The lowest BCUT2D eigenvalue weighted by Crippen LogP contribution is -2.13. The van der Waals surface area contributed by atoms with Crippen LogP contribution < -0.4 is 11.5 Å². The van der Waals surface area contributed by atoms with Gasteiger partial charge < -0.3 is 11.5 Å². The first kappa shape index (κ1) is 45.4. The maximum atomic E-state index is 7.24. The van der Waals surface area contributed by atoms with E-state index in [0.717, 1.165) is 22.6 Å². The first-order valence-electron chi connectivity index (χ1n) is 19.7. The van der Waals surface area contributed by atoms with Gasteiger partial charge in [0.2, 0.25) is 0 Å². The van der Waals surface area contributed by atoms with E-state index in [1.165, 1.54) is 49.4 Å². The molecule has 56 heavy (non-hydrogen) atoms. The average Bonchev–Trinajstić information content (AvgIpc) is 3.11. The van der Waals surface area contributed by atoms with E-state index in [4.69, 9.17) is 16.9 Å². The van der Waals surface area contributed by atoms with Crippen molar-refractivity contribution in [1.29, 1.82) is 5.41 Å². The Balaban J connectivity index is 0.000000202. The summed E-state index contributed by atoms with van der Waals surface area (Å²) in [4.78, 5) is 4.49. The van der Waals surface area contributed by atoms with Crippen molar-refractivity contribution < 1.29 is 0 Å². The summed E-state index contributed by atoms with van der Waals surface area (Å²) in [6.45, 7) is 33.3. The van der Waals surface area contributed by atoms with Crippen molar-refractivity contribution in [3.05, 3.63) is 148 Å². The molecule has 6 nitrogen and oxygen atoms in total. The topological polar surface area (TPSA) is 115 Å². The largest absolute Gasteiger partial charge is 0.384 e. The lowest BCUT2D eigenvalue weighted by Gasteiger charge is -2.19. The zero-order chi connectivity index (χ0) is 42.2. The third-order valence-electron chi connectivity index (χ3n) is 9.85. The number of benzene rings is 4. The van der Waals surface area contributed by atoms with Gasteiger partial charge in [-0.3, -0.25) is 10.4 Å². The third kappa shape index (κ3) is 13.1. The maximum Gasteiger partial charge on any atom is 0.122 e. The Morgan fingerprint density at radius 1 is 0.536 bits per heavy atom. The molecule has 0 radical (unpaired) electrons. The van der Waals surface area contributed by atoms with Crippen molar-refractivity contribution in [2.24, 2.45) is 11.5 Å². The van der Waals surface area contributed by atoms with Gasteiger partial charge in [0.15, 0.2) is 0 Å². The highest BCUT2D eigenvalue weighted by molar-refractivity contribution is 5.94. The van der Waals surface area contributed by atoms with Crippen LogP contribution in [0.5, 0.6) is 0 Å². The molecule has 0 saturated heterocycles. The predicted molar refractivity (Wildman–Crippen MR) is 242 cm³/mol. The Labute approximate surface area is 338 Å². The zero-order valence-corrected chi connectivity index (χ0v) is 36.9. The van der Waals surface area contributed by atoms with Gasteiger partial charge in [0.05, 0.1) is 11.9 Å². The normalized spacial score (nSPS) is 11.8. The summed E-state index contributed by atoms with van der Waals surface area (Å²) in [5, 5.41) is 20.2. The highest BCUT2D eigenvalue weighted by Gasteiger charge is 2.16. The van der Waals surface area contributed by atoms with E-state index in [1.54, 1.807) is 0 Å². The maximum absolute atomic E-state index is 7.24. The minimum atomic E-state index is 0.125. The summed E-state index contributed by atoms with van der Waals surface area (Å²) in [7, 11) is 0. The number of aryl methyl sites for hydroxylation is 3. The quantitative estimate of drug-likeness (QED) is 0.120.